The second kappa shape index (κ2) is 7.82. The van der Waals surface area contributed by atoms with E-state index in [1.165, 1.54) is 0 Å². The number of rotatable bonds is 4. The van der Waals surface area contributed by atoms with Gasteiger partial charge in [-0.2, -0.15) is 0 Å². The molecule has 0 spiro atoms. The molecule has 3 atom stereocenters. The fourth-order valence-electron chi connectivity index (χ4n) is 3.38. The van der Waals surface area contributed by atoms with E-state index >= 15 is 0 Å². The first-order chi connectivity index (χ1) is 11.2. The molecule has 7 nitrogen and oxygen atoms in total. The van der Waals surface area contributed by atoms with Crippen LogP contribution in [0.2, 0.25) is 0 Å². The monoisotopic (exact) mass is 359 g/mol. The summed E-state index contributed by atoms with van der Waals surface area (Å²) in [6.45, 7) is 7.23. The van der Waals surface area contributed by atoms with Gasteiger partial charge in [-0.25, -0.2) is 8.42 Å². The van der Waals surface area contributed by atoms with Gasteiger partial charge in [0, 0.05) is 25.7 Å². The average molecular weight is 359 g/mol. The van der Waals surface area contributed by atoms with Crippen molar-refractivity contribution in [1.29, 1.82) is 0 Å². The summed E-state index contributed by atoms with van der Waals surface area (Å²) in [5.41, 5.74) is 0. The lowest BCUT2D eigenvalue weighted by Crippen LogP contribution is -2.56. The minimum absolute atomic E-state index is 0.0364. The molecular weight excluding hydrogens is 330 g/mol. The quantitative estimate of drug-likeness (QED) is 0.764. The minimum atomic E-state index is -3.06. The van der Waals surface area contributed by atoms with Gasteiger partial charge in [0.25, 0.3) is 0 Å². The third-order valence-corrected chi connectivity index (χ3v) is 7.53. The normalized spacial score (nSPS) is 29.0. The zero-order valence-electron chi connectivity index (χ0n) is 14.8. The topological polar surface area (TPSA) is 86.8 Å². The number of carbonyl (C=O) groups excluding carboxylic acids is 2. The van der Waals surface area contributed by atoms with E-state index in [2.05, 4.69) is 5.32 Å². The van der Waals surface area contributed by atoms with Gasteiger partial charge in [-0.1, -0.05) is 0 Å². The fraction of sp³-hybridized carbons (Fsp3) is 0.875. The Bertz CT molecular complexity index is 572. The van der Waals surface area contributed by atoms with Crippen LogP contribution in [0.5, 0.6) is 0 Å². The van der Waals surface area contributed by atoms with E-state index in [0.717, 1.165) is 32.4 Å². The molecule has 0 aliphatic carbocycles. The molecule has 2 aliphatic rings. The molecule has 0 aromatic rings. The van der Waals surface area contributed by atoms with Crippen LogP contribution in [0.15, 0.2) is 0 Å². The van der Waals surface area contributed by atoms with Crippen LogP contribution in [0, 0.1) is 0 Å². The van der Waals surface area contributed by atoms with E-state index in [1.807, 2.05) is 16.7 Å². The molecule has 0 saturated carbocycles. The Morgan fingerprint density at radius 3 is 2.38 bits per heavy atom. The molecule has 2 amide bonds. The van der Waals surface area contributed by atoms with E-state index < -0.39 is 21.1 Å². The van der Waals surface area contributed by atoms with Gasteiger partial charge in [-0.15, -0.1) is 0 Å². The Balaban J connectivity index is 1.85. The molecule has 0 bridgehead atoms. The van der Waals surface area contributed by atoms with Crippen LogP contribution < -0.4 is 5.32 Å². The Morgan fingerprint density at radius 2 is 1.75 bits per heavy atom. The van der Waals surface area contributed by atoms with Crippen molar-refractivity contribution in [2.45, 2.75) is 57.4 Å². The Labute approximate surface area is 144 Å². The van der Waals surface area contributed by atoms with Gasteiger partial charge in [-0.3, -0.25) is 14.5 Å². The zero-order valence-corrected chi connectivity index (χ0v) is 15.6. The van der Waals surface area contributed by atoms with E-state index in [-0.39, 0.29) is 30.2 Å². The lowest BCUT2D eigenvalue weighted by atomic mass is 10.1. The lowest BCUT2D eigenvalue weighted by Gasteiger charge is -2.37. The summed E-state index contributed by atoms with van der Waals surface area (Å²) in [5, 5.41) is 2.28. The Kier molecular flexibility index (Phi) is 6.25. The molecule has 2 aliphatic heterocycles. The first-order valence-corrected chi connectivity index (χ1v) is 10.5. The first kappa shape index (κ1) is 19.2. The molecule has 0 aromatic carbocycles. The highest BCUT2D eigenvalue weighted by Gasteiger charge is 2.36. The van der Waals surface area contributed by atoms with Crippen molar-refractivity contribution in [1.82, 2.24) is 15.1 Å². The van der Waals surface area contributed by atoms with Crippen molar-refractivity contribution < 1.29 is 18.0 Å². The molecule has 8 heteroatoms. The van der Waals surface area contributed by atoms with Gasteiger partial charge in [0.05, 0.1) is 17.5 Å². The molecule has 138 valence electrons. The summed E-state index contributed by atoms with van der Waals surface area (Å²) in [6.07, 6.45) is 3.19. The smallest absolute Gasteiger partial charge is 0.244 e. The second-order valence-electron chi connectivity index (χ2n) is 6.96. The number of likely N-dealkylation sites (tertiary alicyclic amines) is 1. The minimum Gasteiger partial charge on any atom is -0.343 e. The molecule has 2 rings (SSSR count). The molecule has 2 fully saturated rings. The largest absolute Gasteiger partial charge is 0.343 e. The van der Waals surface area contributed by atoms with Gasteiger partial charge >= 0.3 is 0 Å². The van der Waals surface area contributed by atoms with Crippen LogP contribution in [0.25, 0.3) is 0 Å². The molecule has 2 saturated heterocycles. The van der Waals surface area contributed by atoms with Crippen molar-refractivity contribution in [3.63, 3.8) is 0 Å². The van der Waals surface area contributed by atoms with Crippen molar-refractivity contribution in [2.24, 2.45) is 0 Å². The standard InChI is InChI=1S/C16H29N3O4S/c1-12(16(21)18-7-5-4-6-8-18)17-15(20)11-19-9-10-24(22,23)14(3)13(19)2/h12-14H,4-11H2,1-3H3,(H,17,20). The lowest BCUT2D eigenvalue weighted by molar-refractivity contribution is -0.137. The van der Waals surface area contributed by atoms with E-state index in [0.29, 0.717) is 6.54 Å². The van der Waals surface area contributed by atoms with E-state index in [1.54, 1.807) is 13.8 Å². The molecule has 0 aromatic heterocycles. The van der Waals surface area contributed by atoms with Crippen LogP contribution in [-0.4, -0.2) is 79.3 Å². The predicted molar refractivity (Wildman–Crippen MR) is 92.3 cm³/mol. The number of sulfone groups is 1. The number of nitrogens with zero attached hydrogens (tertiary/aromatic N) is 2. The van der Waals surface area contributed by atoms with E-state index in [9.17, 15) is 18.0 Å². The van der Waals surface area contributed by atoms with Crippen LogP contribution in [0.1, 0.15) is 40.0 Å². The number of nitrogens with one attached hydrogen (secondary N) is 1. The summed E-state index contributed by atoms with van der Waals surface area (Å²) in [5.74, 6) is -0.189. The number of hydrogen-bond donors (Lipinski definition) is 1. The fourth-order valence-corrected chi connectivity index (χ4v) is 5.01. The SMILES string of the molecule is CC(NC(=O)CN1CCS(=O)(=O)C(C)C1C)C(=O)N1CCCCC1. The molecule has 0 radical (unpaired) electrons. The zero-order chi connectivity index (χ0) is 17.9. The average Bonchev–Trinajstić information content (AvgIpc) is 2.56. The summed E-state index contributed by atoms with van der Waals surface area (Å²) in [7, 11) is -3.06. The van der Waals surface area contributed by atoms with Crippen LogP contribution in [-0.2, 0) is 19.4 Å². The number of carbonyl (C=O) groups is 2. The first-order valence-electron chi connectivity index (χ1n) is 8.76. The van der Waals surface area contributed by atoms with Gasteiger partial charge in [0.1, 0.15) is 6.04 Å². The third kappa shape index (κ3) is 4.47. The molecule has 1 N–H and O–H groups in total. The number of amides is 2. The van der Waals surface area contributed by atoms with Gasteiger partial charge in [0.15, 0.2) is 9.84 Å². The highest BCUT2D eigenvalue weighted by Crippen LogP contribution is 2.18. The summed E-state index contributed by atoms with van der Waals surface area (Å²) in [6, 6.07) is -0.751. The summed E-state index contributed by atoms with van der Waals surface area (Å²) < 4.78 is 23.8. The van der Waals surface area contributed by atoms with Crippen LogP contribution >= 0.6 is 0 Å². The molecule has 3 unspecified atom stereocenters. The maximum atomic E-state index is 12.3. The third-order valence-electron chi connectivity index (χ3n) is 5.25. The molecular formula is C16H29N3O4S. The Morgan fingerprint density at radius 1 is 1.12 bits per heavy atom. The molecule has 2 heterocycles. The maximum absolute atomic E-state index is 12.3. The summed E-state index contributed by atoms with van der Waals surface area (Å²) >= 11 is 0. The van der Waals surface area contributed by atoms with Crippen molar-refractivity contribution >= 4 is 21.7 Å². The van der Waals surface area contributed by atoms with Gasteiger partial charge in [0.2, 0.25) is 11.8 Å². The summed E-state index contributed by atoms with van der Waals surface area (Å²) in [4.78, 5) is 28.3. The second-order valence-corrected chi connectivity index (χ2v) is 9.44. The highest BCUT2D eigenvalue weighted by atomic mass is 32.2. The molecule has 24 heavy (non-hydrogen) atoms. The van der Waals surface area contributed by atoms with Gasteiger partial charge < -0.3 is 10.2 Å². The Hall–Kier alpha value is -1.15. The van der Waals surface area contributed by atoms with Crippen molar-refractivity contribution in [3.05, 3.63) is 0 Å². The highest BCUT2D eigenvalue weighted by molar-refractivity contribution is 7.92. The van der Waals surface area contributed by atoms with E-state index in [4.69, 9.17) is 0 Å². The predicted octanol–water partition coefficient (Wildman–Crippen LogP) is 0.0110. The van der Waals surface area contributed by atoms with Gasteiger partial charge in [-0.05, 0) is 40.0 Å². The maximum Gasteiger partial charge on any atom is 0.244 e. The van der Waals surface area contributed by atoms with Crippen molar-refractivity contribution in [3.8, 4) is 0 Å². The van der Waals surface area contributed by atoms with Crippen molar-refractivity contribution in [2.75, 3.05) is 31.9 Å². The number of piperidine rings is 1. The van der Waals surface area contributed by atoms with Crippen LogP contribution in [0.3, 0.4) is 0 Å². The van der Waals surface area contributed by atoms with Crippen LogP contribution in [0.4, 0.5) is 0 Å². The number of hydrogen-bond acceptors (Lipinski definition) is 5.